The van der Waals surface area contributed by atoms with Gasteiger partial charge < -0.3 is 9.84 Å². The zero-order chi connectivity index (χ0) is 16.2. The van der Waals surface area contributed by atoms with Gasteiger partial charge in [-0.25, -0.2) is 0 Å². The molecule has 1 rings (SSSR count). The summed E-state index contributed by atoms with van der Waals surface area (Å²) < 4.78 is 5.27. The highest BCUT2D eigenvalue weighted by atomic mass is 32.2. The highest BCUT2D eigenvalue weighted by Crippen LogP contribution is 2.28. The molecule has 0 aliphatic heterocycles. The van der Waals surface area contributed by atoms with Crippen LogP contribution in [-0.2, 0) is 9.53 Å². The smallest absolute Gasteiger partial charge is 0.322 e. The van der Waals surface area contributed by atoms with Crippen LogP contribution in [-0.4, -0.2) is 33.1 Å². The molecule has 6 nitrogen and oxygen atoms in total. The van der Waals surface area contributed by atoms with Crippen LogP contribution in [0.4, 0.5) is 5.69 Å². The van der Waals surface area contributed by atoms with Crippen LogP contribution in [0.25, 0.3) is 0 Å². The van der Waals surface area contributed by atoms with Gasteiger partial charge in [-0.2, -0.15) is 0 Å². The van der Waals surface area contributed by atoms with Crippen LogP contribution in [0.2, 0.25) is 0 Å². The van der Waals surface area contributed by atoms with Crippen molar-refractivity contribution in [3.05, 3.63) is 39.9 Å². The van der Waals surface area contributed by atoms with Crippen LogP contribution < -0.4 is 0 Å². The van der Waals surface area contributed by atoms with Crippen molar-refractivity contribution in [2.75, 3.05) is 6.26 Å². The van der Waals surface area contributed by atoms with E-state index in [9.17, 15) is 20.0 Å². The maximum absolute atomic E-state index is 12.1. The van der Waals surface area contributed by atoms with Crippen molar-refractivity contribution < 1.29 is 19.6 Å². The summed E-state index contributed by atoms with van der Waals surface area (Å²) in [5.74, 6) is -0.513. The molecule has 2 atom stereocenters. The van der Waals surface area contributed by atoms with E-state index < -0.39 is 27.8 Å². The van der Waals surface area contributed by atoms with Crippen molar-refractivity contribution in [1.82, 2.24) is 0 Å². The number of aliphatic hydroxyl groups is 1. The molecule has 0 fully saturated rings. The number of hydrogen-bond donors (Lipinski definition) is 1. The molecule has 21 heavy (non-hydrogen) atoms. The van der Waals surface area contributed by atoms with Gasteiger partial charge in [0.25, 0.3) is 5.69 Å². The van der Waals surface area contributed by atoms with Gasteiger partial charge in [0, 0.05) is 12.1 Å². The fourth-order valence-electron chi connectivity index (χ4n) is 1.68. The molecule has 116 valence electrons. The summed E-state index contributed by atoms with van der Waals surface area (Å²) in [6.07, 6.45) is 0.610. The van der Waals surface area contributed by atoms with Crippen LogP contribution in [0.1, 0.15) is 32.4 Å². The Bertz CT molecular complexity index is 509. The largest absolute Gasteiger partial charge is 0.459 e. The van der Waals surface area contributed by atoms with Crippen LogP contribution >= 0.6 is 11.8 Å². The molecular formula is C14H19NO5S. The molecule has 0 saturated carbocycles. The fraction of sp³-hybridized carbons (Fsp3) is 0.500. The number of nitrogens with zero attached hydrogens (tertiary/aromatic N) is 1. The lowest BCUT2D eigenvalue weighted by Crippen LogP contribution is -2.33. The molecule has 0 saturated heterocycles. The molecule has 0 radical (unpaired) electrons. The summed E-state index contributed by atoms with van der Waals surface area (Å²) >= 11 is 1.17. The Morgan fingerprint density at radius 3 is 2.24 bits per heavy atom. The highest BCUT2D eigenvalue weighted by Gasteiger charge is 2.31. The maximum atomic E-state index is 12.1. The summed E-state index contributed by atoms with van der Waals surface area (Å²) in [5, 5.41) is 20.1. The van der Waals surface area contributed by atoms with Gasteiger partial charge in [0.2, 0.25) is 0 Å². The first-order valence-corrected chi connectivity index (χ1v) is 7.62. The van der Waals surface area contributed by atoms with Gasteiger partial charge in [-0.1, -0.05) is 0 Å². The zero-order valence-corrected chi connectivity index (χ0v) is 13.2. The Morgan fingerprint density at radius 1 is 1.33 bits per heavy atom. The number of hydrogen-bond acceptors (Lipinski definition) is 6. The second-order valence-corrected chi connectivity index (χ2v) is 6.46. The summed E-state index contributed by atoms with van der Waals surface area (Å²) in [6, 6.07) is 5.48. The van der Waals surface area contributed by atoms with Crippen LogP contribution in [0.15, 0.2) is 24.3 Å². The molecule has 0 aliphatic rings. The minimum absolute atomic E-state index is 0.0658. The first-order valence-electron chi connectivity index (χ1n) is 6.34. The van der Waals surface area contributed by atoms with Crippen LogP contribution in [0, 0.1) is 10.1 Å². The molecule has 1 aromatic carbocycles. The molecule has 1 aromatic rings. The Morgan fingerprint density at radius 2 is 1.86 bits per heavy atom. The topological polar surface area (TPSA) is 89.7 Å². The third-order valence-corrected chi connectivity index (χ3v) is 3.58. The molecule has 0 heterocycles. The van der Waals surface area contributed by atoms with Gasteiger partial charge in [-0.05, 0) is 44.7 Å². The quantitative estimate of drug-likeness (QED) is 0.510. The van der Waals surface area contributed by atoms with Gasteiger partial charge in [0.05, 0.1) is 4.92 Å². The normalized spacial score (nSPS) is 14.3. The second-order valence-electron chi connectivity index (χ2n) is 5.48. The van der Waals surface area contributed by atoms with E-state index in [1.807, 2.05) is 0 Å². The van der Waals surface area contributed by atoms with Gasteiger partial charge >= 0.3 is 5.97 Å². The molecule has 0 aliphatic carbocycles. The molecule has 1 N–H and O–H groups in total. The van der Waals surface area contributed by atoms with Gasteiger partial charge in [-0.3, -0.25) is 14.9 Å². The van der Waals surface area contributed by atoms with Gasteiger partial charge in [-0.15, -0.1) is 11.8 Å². The molecule has 0 amide bonds. The van der Waals surface area contributed by atoms with Crippen molar-refractivity contribution in [3.63, 3.8) is 0 Å². The number of nitro benzene ring substituents is 1. The molecule has 0 unspecified atom stereocenters. The Balaban J connectivity index is 2.90. The summed E-state index contributed by atoms with van der Waals surface area (Å²) in [4.78, 5) is 22.2. The molecule has 0 bridgehead atoms. The maximum Gasteiger partial charge on any atom is 0.322 e. The van der Waals surface area contributed by atoms with E-state index in [1.165, 1.54) is 36.0 Å². The first kappa shape index (κ1) is 17.5. The lowest BCUT2D eigenvalue weighted by atomic mass is 10.1. The van der Waals surface area contributed by atoms with Crippen LogP contribution in [0.3, 0.4) is 0 Å². The summed E-state index contributed by atoms with van der Waals surface area (Å²) in [7, 11) is 0. The Hall–Kier alpha value is -1.60. The number of nitro groups is 1. The molecule has 0 spiro atoms. The second kappa shape index (κ2) is 6.91. The van der Waals surface area contributed by atoms with E-state index in [0.717, 1.165) is 0 Å². The van der Waals surface area contributed by atoms with Gasteiger partial charge in [0.15, 0.2) is 0 Å². The Labute approximate surface area is 127 Å². The highest BCUT2D eigenvalue weighted by molar-refractivity contribution is 7.99. The summed E-state index contributed by atoms with van der Waals surface area (Å²) in [5.41, 5.74) is -0.269. The van der Waals surface area contributed by atoms with Crippen molar-refractivity contribution in [2.24, 2.45) is 0 Å². The average Bonchev–Trinajstić information content (AvgIpc) is 2.37. The fourth-order valence-corrected chi connectivity index (χ4v) is 2.34. The van der Waals surface area contributed by atoms with E-state index in [-0.39, 0.29) is 5.69 Å². The molecule has 0 aromatic heterocycles. The SMILES string of the molecule is CS[C@H](C(=O)OC(C)(C)C)[C@H](O)c1ccc([N+](=O)[O-])cc1. The van der Waals surface area contributed by atoms with E-state index >= 15 is 0 Å². The third-order valence-electron chi connectivity index (χ3n) is 2.63. The number of rotatable bonds is 5. The molecular weight excluding hydrogens is 294 g/mol. The Kier molecular flexibility index (Phi) is 5.74. The number of ether oxygens (including phenoxy) is 1. The van der Waals surface area contributed by atoms with Crippen LogP contribution in [0.5, 0.6) is 0 Å². The van der Waals surface area contributed by atoms with E-state index in [1.54, 1.807) is 27.0 Å². The number of non-ortho nitro benzene ring substituents is 1. The number of esters is 1. The minimum Gasteiger partial charge on any atom is -0.459 e. The number of thioether (sulfide) groups is 1. The van der Waals surface area contributed by atoms with E-state index in [2.05, 4.69) is 0 Å². The standard InChI is InChI=1S/C14H19NO5S/c1-14(2,3)20-13(17)12(21-4)11(16)9-5-7-10(8-6-9)15(18)19/h5-8,11-12,16H,1-4H3/t11-,12+/m1/s1. The van der Waals surface area contributed by atoms with Crippen molar-refractivity contribution >= 4 is 23.4 Å². The van der Waals surface area contributed by atoms with E-state index in [0.29, 0.717) is 5.56 Å². The number of benzene rings is 1. The molecule has 7 heteroatoms. The van der Waals surface area contributed by atoms with Crippen molar-refractivity contribution in [3.8, 4) is 0 Å². The number of carbonyl (C=O) groups excluding carboxylic acids is 1. The number of carbonyl (C=O) groups is 1. The summed E-state index contributed by atoms with van der Waals surface area (Å²) in [6.45, 7) is 5.25. The lowest BCUT2D eigenvalue weighted by molar-refractivity contribution is -0.384. The van der Waals surface area contributed by atoms with Gasteiger partial charge in [0.1, 0.15) is 17.0 Å². The third kappa shape index (κ3) is 5.02. The van der Waals surface area contributed by atoms with E-state index in [4.69, 9.17) is 4.74 Å². The number of aliphatic hydroxyl groups excluding tert-OH is 1. The predicted octanol–water partition coefficient (Wildman–Crippen LogP) is 2.70. The predicted molar refractivity (Wildman–Crippen MR) is 81.2 cm³/mol. The minimum atomic E-state index is -1.09. The lowest BCUT2D eigenvalue weighted by Gasteiger charge is -2.25. The average molecular weight is 313 g/mol. The zero-order valence-electron chi connectivity index (χ0n) is 12.4. The van der Waals surface area contributed by atoms with Crippen molar-refractivity contribution in [2.45, 2.75) is 37.7 Å². The van der Waals surface area contributed by atoms with Crippen molar-refractivity contribution in [1.29, 1.82) is 0 Å². The monoisotopic (exact) mass is 313 g/mol. The first-order chi connectivity index (χ1) is 9.65.